The number of rotatable bonds is 5. The van der Waals surface area contributed by atoms with Gasteiger partial charge >= 0.3 is 5.97 Å². The van der Waals surface area contributed by atoms with Crippen molar-refractivity contribution in [2.75, 3.05) is 19.5 Å². The summed E-state index contributed by atoms with van der Waals surface area (Å²) in [6.07, 6.45) is 0.258. The zero-order chi connectivity index (χ0) is 16.9. The van der Waals surface area contributed by atoms with Crippen molar-refractivity contribution in [1.29, 1.82) is 0 Å². The Morgan fingerprint density at radius 1 is 1.23 bits per heavy atom. The Balaban J connectivity index is 2.67. The number of hydrogen-bond acceptors (Lipinski definition) is 4. The first-order valence-electron chi connectivity index (χ1n) is 7.34. The minimum absolute atomic E-state index is 0.00645. The largest absolute Gasteiger partial charge is 0.467 e. The molecule has 1 N–H and O–H groups in total. The second kappa shape index (κ2) is 7.29. The SMILES string of the molecule is COC(=O)C(C)N(C)C(=O)Cc1ccc(NC(C)(C)C)cc1. The molecule has 0 aliphatic heterocycles. The van der Waals surface area contributed by atoms with Gasteiger partial charge in [0.15, 0.2) is 0 Å². The van der Waals surface area contributed by atoms with Crippen molar-refractivity contribution >= 4 is 17.6 Å². The Kier molecular flexibility index (Phi) is 5.97. The molecule has 5 heteroatoms. The van der Waals surface area contributed by atoms with E-state index in [9.17, 15) is 9.59 Å². The number of carbonyl (C=O) groups excluding carboxylic acids is 2. The van der Waals surface area contributed by atoms with E-state index in [1.54, 1.807) is 14.0 Å². The first-order valence-corrected chi connectivity index (χ1v) is 7.34. The highest BCUT2D eigenvalue weighted by Gasteiger charge is 2.22. The Morgan fingerprint density at radius 3 is 2.23 bits per heavy atom. The van der Waals surface area contributed by atoms with Crippen LogP contribution in [0.4, 0.5) is 5.69 Å². The van der Waals surface area contributed by atoms with Crippen LogP contribution in [0.3, 0.4) is 0 Å². The van der Waals surface area contributed by atoms with E-state index in [2.05, 4.69) is 30.8 Å². The molecule has 1 unspecified atom stereocenters. The number of ether oxygens (including phenoxy) is 1. The number of carbonyl (C=O) groups is 2. The van der Waals surface area contributed by atoms with Crippen LogP contribution in [0.5, 0.6) is 0 Å². The molecule has 122 valence electrons. The van der Waals surface area contributed by atoms with Crippen LogP contribution in [0, 0.1) is 0 Å². The molecule has 1 aromatic carbocycles. The Labute approximate surface area is 132 Å². The van der Waals surface area contributed by atoms with Gasteiger partial charge in [0.2, 0.25) is 5.91 Å². The summed E-state index contributed by atoms with van der Waals surface area (Å²) in [5.74, 6) is -0.532. The number of hydrogen-bond donors (Lipinski definition) is 1. The monoisotopic (exact) mass is 306 g/mol. The van der Waals surface area contributed by atoms with Gasteiger partial charge in [-0.3, -0.25) is 4.79 Å². The molecule has 0 saturated heterocycles. The van der Waals surface area contributed by atoms with Crippen molar-refractivity contribution in [1.82, 2.24) is 4.90 Å². The van der Waals surface area contributed by atoms with Crippen molar-refractivity contribution in [2.24, 2.45) is 0 Å². The van der Waals surface area contributed by atoms with Crippen molar-refractivity contribution in [2.45, 2.75) is 45.7 Å². The highest BCUT2D eigenvalue weighted by Crippen LogP contribution is 2.16. The van der Waals surface area contributed by atoms with Crippen molar-refractivity contribution in [3.63, 3.8) is 0 Å². The summed E-state index contributed by atoms with van der Waals surface area (Å²) in [5.41, 5.74) is 1.92. The summed E-state index contributed by atoms with van der Waals surface area (Å²) in [4.78, 5) is 25.1. The minimum atomic E-state index is -0.584. The van der Waals surface area contributed by atoms with Crippen LogP contribution < -0.4 is 5.32 Å². The summed E-state index contributed by atoms with van der Waals surface area (Å²) in [5, 5.41) is 3.37. The highest BCUT2D eigenvalue weighted by atomic mass is 16.5. The van der Waals surface area contributed by atoms with Gasteiger partial charge in [-0.25, -0.2) is 4.79 Å². The van der Waals surface area contributed by atoms with Crippen LogP contribution >= 0.6 is 0 Å². The van der Waals surface area contributed by atoms with E-state index in [0.717, 1.165) is 11.3 Å². The molecule has 0 radical (unpaired) electrons. The van der Waals surface area contributed by atoms with E-state index >= 15 is 0 Å². The van der Waals surface area contributed by atoms with Crippen molar-refractivity contribution < 1.29 is 14.3 Å². The molecule has 0 aliphatic rings. The highest BCUT2D eigenvalue weighted by molar-refractivity contribution is 5.85. The molecule has 0 spiro atoms. The number of nitrogens with one attached hydrogen (secondary N) is 1. The molecular weight excluding hydrogens is 280 g/mol. The molecule has 0 heterocycles. The number of methoxy groups -OCH3 is 1. The maximum Gasteiger partial charge on any atom is 0.328 e. The maximum absolute atomic E-state index is 12.2. The smallest absolute Gasteiger partial charge is 0.328 e. The van der Waals surface area contributed by atoms with E-state index in [-0.39, 0.29) is 17.9 Å². The van der Waals surface area contributed by atoms with Gasteiger partial charge < -0.3 is 15.0 Å². The summed E-state index contributed by atoms with van der Waals surface area (Å²) in [7, 11) is 2.93. The lowest BCUT2D eigenvalue weighted by Crippen LogP contribution is -2.41. The van der Waals surface area contributed by atoms with Gasteiger partial charge in [-0.15, -0.1) is 0 Å². The van der Waals surface area contributed by atoms with Crippen molar-refractivity contribution in [3.8, 4) is 0 Å². The Hall–Kier alpha value is -2.04. The fourth-order valence-corrected chi connectivity index (χ4v) is 1.98. The predicted octanol–water partition coefficient (Wildman–Crippen LogP) is 2.46. The number of nitrogens with zero attached hydrogens (tertiary/aromatic N) is 1. The third-order valence-electron chi connectivity index (χ3n) is 3.35. The van der Waals surface area contributed by atoms with Crippen LogP contribution in [-0.4, -0.2) is 42.5 Å². The zero-order valence-electron chi connectivity index (χ0n) is 14.3. The summed E-state index contributed by atoms with van der Waals surface area (Å²) < 4.78 is 4.65. The van der Waals surface area contributed by atoms with Gasteiger partial charge in [-0.2, -0.15) is 0 Å². The van der Waals surface area contributed by atoms with Crippen LogP contribution in [0.1, 0.15) is 33.3 Å². The van der Waals surface area contributed by atoms with E-state index in [0.29, 0.717) is 0 Å². The van der Waals surface area contributed by atoms with Crippen LogP contribution in [0.2, 0.25) is 0 Å². The van der Waals surface area contributed by atoms with Crippen molar-refractivity contribution in [3.05, 3.63) is 29.8 Å². The average molecular weight is 306 g/mol. The van der Waals surface area contributed by atoms with E-state index in [1.165, 1.54) is 12.0 Å². The molecule has 0 fully saturated rings. The summed E-state index contributed by atoms with van der Waals surface area (Å²) in [6, 6.07) is 7.17. The molecule has 0 aliphatic carbocycles. The second-order valence-electron chi connectivity index (χ2n) is 6.45. The first kappa shape index (κ1) is 18.0. The normalized spacial score (nSPS) is 12.5. The Bertz CT molecular complexity index is 518. The van der Waals surface area contributed by atoms with Gasteiger partial charge in [0.1, 0.15) is 6.04 Å². The van der Waals surface area contributed by atoms with E-state index in [4.69, 9.17) is 0 Å². The molecule has 22 heavy (non-hydrogen) atoms. The first-order chi connectivity index (χ1) is 10.1. The number of likely N-dealkylation sites (N-methyl/N-ethyl adjacent to an activating group) is 1. The number of anilines is 1. The molecule has 0 bridgehead atoms. The summed E-state index contributed by atoms with van der Waals surface area (Å²) in [6.45, 7) is 7.93. The average Bonchev–Trinajstić information content (AvgIpc) is 2.45. The summed E-state index contributed by atoms with van der Waals surface area (Å²) >= 11 is 0. The molecular formula is C17H26N2O3. The van der Waals surface area contributed by atoms with Crippen LogP contribution in [0.25, 0.3) is 0 Å². The molecule has 0 aromatic heterocycles. The zero-order valence-corrected chi connectivity index (χ0v) is 14.3. The molecule has 1 amide bonds. The molecule has 1 aromatic rings. The number of esters is 1. The molecule has 1 rings (SSSR count). The lowest BCUT2D eigenvalue weighted by molar-refractivity contribution is -0.150. The van der Waals surface area contributed by atoms with Gasteiger partial charge in [-0.05, 0) is 45.4 Å². The molecule has 1 atom stereocenters. The minimum Gasteiger partial charge on any atom is -0.467 e. The number of benzene rings is 1. The van der Waals surface area contributed by atoms with Crippen LogP contribution in [-0.2, 0) is 20.7 Å². The fraction of sp³-hybridized carbons (Fsp3) is 0.529. The van der Waals surface area contributed by atoms with E-state index < -0.39 is 12.0 Å². The van der Waals surface area contributed by atoms with Gasteiger partial charge in [-0.1, -0.05) is 12.1 Å². The molecule has 5 nitrogen and oxygen atoms in total. The molecule has 0 saturated carbocycles. The van der Waals surface area contributed by atoms with Gasteiger partial charge in [0.05, 0.1) is 13.5 Å². The topological polar surface area (TPSA) is 58.6 Å². The third-order valence-corrected chi connectivity index (χ3v) is 3.35. The van der Waals surface area contributed by atoms with Gasteiger partial charge in [0, 0.05) is 18.3 Å². The Morgan fingerprint density at radius 2 is 1.77 bits per heavy atom. The lowest BCUT2D eigenvalue weighted by atomic mass is 10.1. The standard InChI is InChI=1S/C17H26N2O3/c1-12(16(21)22-6)19(5)15(20)11-13-7-9-14(10-8-13)18-17(2,3)4/h7-10,12,18H,11H2,1-6H3. The van der Waals surface area contributed by atoms with Gasteiger partial charge in [0.25, 0.3) is 0 Å². The van der Waals surface area contributed by atoms with Crippen LogP contribution in [0.15, 0.2) is 24.3 Å². The fourth-order valence-electron chi connectivity index (χ4n) is 1.98. The number of amides is 1. The maximum atomic E-state index is 12.2. The quantitative estimate of drug-likeness (QED) is 0.849. The predicted molar refractivity (Wildman–Crippen MR) is 87.8 cm³/mol. The van der Waals surface area contributed by atoms with E-state index in [1.807, 2.05) is 24.3 Å². The third kappa shape index (κ3) is 5.39. The lowest BCUT2D eigenvalue weighted by Gasteiger charge is -2.23. The second-order valence-corrected chi connectivity index (χ2v) is 6.45.